The van der Waals surface area contributed by atoms with Crippen molar-refractivity contribution in [2.24, 2.45) is 0 Å². The van der Waals surface area contributed by atoms with Crippen molar-refractivity contribution in [2.45, 2.75) is 71.9 Å². The summed E-state index contributed by atoms with van der Waals surface area (Å²) in [6.07, 6.45) is 9.05. The normalized spacial score (nSPS) is 13.9. The highest BCUT2D eigenvalue weighted by Gasteiger charge is 2.22. The van der Waals surface area contributed by atoms with E-state index in [9.17, 15) is 0 Å². The molecule has 1 saturated carbocycles. The number of ether oxygens (including phenoxy) is 1. The summed E-state index contributed by atoms with van der Waals surface area (Å²) in [5.74, 6) is 0.962. The van der Waals surface area contributed by atoms with Crippen molar-refractivity contribution >= 4 is 0 Å². The molecule has 1 aliphatic rings. The maximum atomic E-state index is 6.68. The van der Waals surface area contributed by atoms with Crippen LogP contribution in [0.2, 0.25) is 0 Å². The molecule has 0 atom stereocenters. The highest BCUT2D eigenvalue weighted by atomic mass is 16.5. The molecule has 2 aromatic carbocycles. The summed E-state index contributed by atoms with van der Waals surface area (Å²) in [5, 5.41) is 4.86. The molecule has 1 aliphatic carbocycles. The zero-order chi connectivity index (χ0) is 24.2. The van der Waals surface area contributed by atoms with Crippen molar-refractivity contribution in [3.63, 3.8) is 0 Å². The van der Waals surface area contributed by atoms with Crippen LogP contribution < -0.4 is 4.74 Å². The molecular weight excluding hydrogens is 430 g/mol. The SMILES string of the molecule is CCc1cccc(CC)c1-c1cc(OC2CCCC2)c(Cn2ccc(-c3ccccc3)n2)c(C)n1. The number of hydrogen-bond acceptors (Lipinski definition) is 3. The molecule has 2 heterocycles. The fourth-order valence-electron chi connectivity index (χ4n) is 5.23. The number of pyridine rings is 1. The number of benzene rings is 2. The van der Waals surface area contributed by atoms with Gasteiger partial charge in [0.15, 0.2) is 0 Å². The molecule has 35 heavy (non-hydrogen) atoms. The molecule has 4 nitrogen and oxygen atoms in total. The van der Waals surface area contributed by atoms with Gasteiger partial charge in [0.25, 0.3) is 0 Å². The van der Waals surface area contributed by atoms with Gasteiger partial charge in [-0.1, -0.05) is 62.4 Å². The molecule has 4 heteroatoms. The Kier molecular flexibility index (Phi) is 6.98. The van der Waals surface area contributed by atoms with Crippen LogP contribution in [-0.4, -0.2) is 20.9 Å². The first-order valence-electron chi connectivity index (χ1n) is 13.0. The summed E-state index contributed by atoms with van der Waals surface area (Å²) >= 11 is 0. The van der Waals surface area contributed by atoms with Crippen LogP contribution >= 0.6 is 0 Å². The lowest BCUT2D eigenvalue weighted by molar-refractivity contribution is 0.207. The van der Waals surface area contributed by atoms with Crippen LogP contribution in [0.3, 0.4) is 0 Å². The molecule has 0 N–H and O–H groups in total. The Labute approximate surface area is 209 Å². The van der Waals surface area contributed by atoms with Crippen molar-refractivity contribution in [1.82, 2.24) is 14.8 Å². The van der Waals surface area contributed by atoms with Gasteiger partial charge in [0.05, 0.1) is 24.0 Å². The van der Waals surface area contributed by atoms with Crippen molar-refractivity contribution < 1.29 is 4.74 Å². The first-order valence-corrected chi connectivity index (χ1v) is 13.0. The maximum Gasteiger partial charge on any atom is 0.128 e. The Bertz CT molecular complexity index is 1260. The smallest absolute Gasteiger partial charge is 0.128 e. The van der Waals surface area contributed by atoms with Gasteiger partial charge in [-0.3, -0.25) is 9.67 Å². The highest BCUT2D eigenvalue weighted by molar-refractivity contribution is 5.70. The minimum atomic E-state index is 0.285. The van der Waals surface area contributed by atoms with E-state index in [0.717, 1.165) is 59.6 Å². The molecule has 0 bridgehead atoms. The monoisotopic (exact) mass is 465 g/mol. The molecule has 0 saturated heterocycles. The molecular formula is C31H35N3O. The molecule has 0 aliphatic heterocycles. The zero-order valence-electron chi connectivity index (χ0n) is 21.1. The zero-order valence-corrected chi connectivity index (χ0v) is 21.1. The van der Waals surface area contributed by atoms with Gasteiger partial charge in [0.1, 0.15) is 5.75 Å². The van der Waals surface area contributed by atoms with Crippen LogP contribution in [0.4, 0.5) is 0 Å². The van der Waals surface area contributed by atoms with Gasteiger partial charge in [-0.25, -0.2) is 0 Å². The van der Waals surface area contributed by atoms with E-state index in [0.29, 0.717) is 6.54 Å². The first-order chi connectivity index (χ1) is 17.2. The third kappa shape index (κ3) is 5.02. The van der Waals surface area contributed by atoms with Crippen molar-refractivity contribution in [3.8, 4) is 28.3 Å². The molecule has 0 radical (unpaired) electrons. The number of aromatic nitrogens is 3. The lowest BCUT2D eigenvalue weighted by Gasteiger charge is -2.21. The van der Waals surface area contributed by atoms with Crippen molar-refractivity contribution in [1.29, 1.82) is 0 Å². The Hall–Kier alpha value is -3.40. The van der Waals surface area contributed by atoms with Crippen LogP contribution in [-0.2, 0) is 19.4 Å². The van der Waals surface area contributed by atoms with Gasteiger partial charge in [0.2, 0.25) is 0 Å². The van der Waals surface area contributed by atoms with E-state index in [4.69, 9.17) is 14.8 Å². The molecule has 0 unspecified atom stereocenters. The van der Waals surface area contributed by atoms with E-state index in [2.05, 4.69) is 69.4 Å². The van der Waals surface area contributed by atoms with Crippen LogP contribution in [0.15, 0.2) is 66.9 Å². The molecule has 4 aromatic rings. The third-order valence-corrected chi connectivity index (χ3v) is 7.17. The largest absolute Gasteiger partial charge is 0.490 e. The fourth-order valence-corrected chi connectivity index (χ4v) is 5.23. The first kappa shape index (κ1) is 23.3. The third-order valence-electron chi connectivity index (χ3n) is 7.17. The molecule has 2 aromatic heterocycles. The summed E-state index contributed by atoms with van der Waals surface area (Å²) in [5.41, 5.74) is 9.23. The minimum absolute atomic E-state index is 0.285. The predicted octanol–water partition coefficient (Wildman–Crippen LogP) is 7.42. The molecule has 0 amide bonds. The second kappa shape index (κ2) is 10.5. The summed E-state index contributed by atoms with van der Waals surface area (Å²) < 4.78 is 8.68. The second-order valence-electron chi connectivity index (χ2n) is 9.52. The summed E-state index contributed by atoms with van der Waals surface area (Å²) in [7, 11) is 0. The topological polar surface area (TPSA) is 39.9 Å². The van der Waals surface area contributed by atoms with E-state index in [1.165, 1.54) is 29.5 Å². The van der Waals surface area contributed by atoms with Gasteiger partial charge in [-0.05, 0) is 62.6 Å². The molecule has 5 rings (SSSR count). The molecule has 1 fully saturated rings. The summed E-state index contributed by atoms with van der Waals surface area (Å²) in [6, 6.07) is 21.2. The Balaban J connectivity index is 1.55. The lowest BCUT2D eigenvalue weighted by Crippen LogP contribution is -2.15. The Morgan fingerprint density at radius 1 is 0.886 bits per heavy atom. The van der Waals surface area contributed by atoms with Gasteiger partial charge in [-0.15, -0.1) is 0 Å². The highest BCUT2D eigenvalue weighted by Crippen LogP contribution is 2.35. The number of hydrogen-bond donors (Lipinski definition) is 0. The average molecular weight is 466 g/mol. The van der Waals surface area contributed by atoms with E-state index in [1.54, 1.807) is 0 Å². The van der Waals surface area contributed by atoms with Gasteiger partial charge < -0.3 is 4.74 Å². The molecule has 180 valence electrons. The van der Waals surface area contributed by atoms with Gasteiger partial charge >= 0.3 is 0 Å². The maximum absolute atomic E-state index is 6.68. The number of rotatable bonds is 8. The number of nitrogens with zero attached hydrogens (tertiary/aromatic N) is 3. The average Bonchev–Trinajstić information content (AvgIpc) is 3.58. The van der Waals surface area contributed by atoms with E-state index in [-0.39, 0.29) is 6.10 Å². The van der Waals surface area contributed by atoms with E-state index < -0.39 is 0 Å². The number of aryl methyl sites for hydroxylation is 3. The van der Waals surface area contributed by atoms with Crippen LogP contribution in [0, 0.1) is 6.92 Å². The van der Waals surface area contributed by atoms with Crippen molar-refractivity contribution in [3.05, 3.63) is 89.2 Å². The van der Waals surface area contributed by atoms with Crippen LogP contribution in [0.5, 0.6) is 5.75 Å². The van der Waals surface area contributed by atoms with Crippen molar-refractivity contribution in [2.75, 3.05) is 0 Å². The second-order valence-corrected chi connectivity index (χ2v) is 9.52. The van der Waals surface area contributed by atoms with Gasteiger partial charge in [-0.2, -0.15) is 5.10 Å². The lowest BCUT2D eigenvalue weighted by atomic mass is 9.94. The summed E-state index contributed by atoms with van der Waals surface area (Å²) in [4.78, 5) is 5.14. The minimum Gasteiger partial charge on any atom is -0.490 e. The molecule has 0 spiro atoms. The predicted molar refractivity (Wildman–Crippen MR) is 143 cm³/mol. The van der Waals surface area contributed by atoms with Crippen LogP contribution in [0.1, 0.15) is 61.9 Å². The van der Waals surface area contributed by atoms with Gasteiger partial charge in [0, 0.05) is 34.6 Å². The fraction of sp³-hybridized carbons (Fsp3) is 0.355. The summed E-state index contributed by atoms with van der Waals surface area (Å²) in [6.45, 7) is 7.20. The quantitative estimate of drug-likeness (QED) is 0.272. The van der Waals surface area contributed by atoms with E-state index >= 15 is 0 Å². The Morgan fingerprint density at radius 2 is 1.60 bits per heavy atom. The Morgan fingerprint density at radius 3 is 2.29 bits per heavy atom. The van der Waals surface area contributed by atoms with E-state index in [1.807, 2.05) is 22.9 Å². The standard InChI is InChI=1S/C31H35N3O/c1-4-23-14-11-15-24(5-2)31(23)29-20-30(35-26-16-9-10-17-26)27(22(3)32-29)21-34-19-18-28(33-34)25-12-7-6-8-13-25/h6-8,11-15,18-20,26H,4-5,9-10,16-17,21H2,1-3H3. The van der Waals surface area contributed by atoms with Crippen LogP contribution in [0.25, 0.3) is 22.5 Å².